The molecular weight excluding hydrogens is 284 g/mol. The summed E-state index contributed by atoms with van der Waals surface area (Å²) >= 11 is 3.31. The Bertz CT molecular complexity index is 634. The number of fused-ring (bicyclic) bond motifs is 1. The molecule has 1 amide bonds. The Morgan fingerprint density at radius 1 is 1.41 bits per heavy atom. The standard InChI is InChI=1S/C12H11BrN2O2/c1-2-14-12(17)10-6-11(16)8-5-7(13)3-4-9(8)15-10/h3-6H,2H2,1H3,(H,14,17)(H,15,16). The molecule has 17 heavy (non-hydrogen) atoms. The van der Waals surface area contributed by atoms with Crippen LogP contribution in [-0.4, -0.2) is 17.4 Å². The summed E-state index contributed by atoms with van der Waals surface area (Å²) in [7, 11) is 0. The average Bonchev–Trinajstić information content (AvgIpc) is 2.30. The van der Waals surface area contributed by atoms with E-state index in [1.54, 1.807) is 12.1 Å². The van der Waals surface area contributed by atoms with Crippen molar-refractivity contribution >= 4 is 32.7 Å². The van der Waals surface area contributed by atoms with Crippen molar-refractivity contribution in [3.63, 3.8) is 0 Å². The molecule has 1 aromatic heterocycles. The van der Waals surface area contributed by atoms with E-state index in [-0.39, 0.29) is 17.0 Å². The Kier molecular flexibility index (Phi) is 3.28. The fraction of sp³-hybridized carbons (Fsp3) is 0.167. The first-order chi connectivity index (χ1) is 8.11. The number of aromatic nitrogens is 1. The molecule has 1 aromatic carbocycles. The van der Waals surface area contributed by atoms with Gasteiger partial charge in [0.15, 0.2) is 5.43 Å². The molecule has 0 aliphatic heterocycles. The smallest absolute Gasteiger partial charge is 0.267 e. The number of pyridine rings is 1. The first-order valence-electron chi connectivity index (χ1n) is 5.22. The molecule has 0 saturated heterocycles. The van der Waals surface area contributed by atoms with Crippen LogP contribution in [-0.2, 0) is 0 Å². The van der Waals surface area contributed by atoms with Crippen LogP contribution in [0, 0.1) is 0 Å². The minimum absolute atomic E-state index is 0.165. The lowest BCUT2D eigenvalue weighted by atomic mass is 10.2. The van der Waals surface area contributed by atoms with E-state index in [1.165, 1.54) is 6.07 Å². The van der Waals surface area contributed by atoms with E-state index in [4.69, 9.17) is 0 Å². The Hall–Kier alpha value is -1.62. The summed E-state index contributed by atoms with van der Waals surface area (Å²) in [6, 6.07) is 6.64. The van der Waals surface area contributed by atoms with Crippen LogP contribution in [0.15, 0.2) is 33.5 Å². The molecule has 5 heteroatoms. The molecule has 2 rings (SSSR count). The summed E-state index contributed by atoms with van der Waals surface area (Å²) in [6.45, 7) is 2.35. The number of aromatic amines is 1. The van der Waals surface area contributed by atoms with Gasteiger partial charge in [-0.2, -0.15) is 0 Å². The van der Waals surface area contributed by atoms with Crippen molar-refractivity contribution in [3.8, 4) is 0 Å². The topological polar surface area (TPSA) is 62.0 Å². The first-order valence-corrected chi connectivity index (χ1v) is 6.02. The van der Waals surface area contributed by atoms with Gasteiger partial charge in [-0.3, -0.25) is 9.59 Å². The molecule has 0 aliphatic rings. The normalized spacial score (nSPS) is 10.5. The van der Waals surface area contributed by atoms with Crippen LogP contribution in [0.3, 0.4) is 0 Å². The molecule has 0 spiro atoms. The second-order valence-electron chi connectivity index (χ2n) is 3.60. The highest BCUT2D eigenvalue weighted by Gasteiger charge is 2.08. The number of amides is 1. The minimum atomic E-state index is -0.269. The summed E-state index contributed by atoms with van der Waals surface area (Å²) in [5.74, 6) is -0.269. The highest BCUT2D eigenvalue weighted by Crippen LogP contribution is 2.15. The molecule has 0 aliphatic carbocycles. The number of H-pyrrole nitrogens is 1. The zero-order valence-electron chi connectivity index (χ0n) is 9.21. The summed E-state index contributed by atoms with van der Waals surface area (Å²) in [5, 5.41) is 3.21. The van der Waals surface area contributed by atoms with E-state index in [0.717, 1.165) is 4.47 Å². The Labute approximate surface area is 106 Å². The Morgan fingerprint density at radius 3 is 2.88 bits per heavy atom. The summed E-state index contributed by atoms with van der Waals surface area (Å²) in [6.07, 6.45) is 0. The predicted molar refractivity (Wildman–Crippen MR) is 70.3 cm³/mol. The molecule has 4 nitrogen and oxygen atoms in total. The van der Waals surface area contributed by atoms with Gasteiger partial charge in [-0.25, -0.2) is 0 Å². The maximum atomic E-state index is 11.8. The van der Waals surface area contributed by atoms with Crippen molar-refractivity contribution in [2.75, 3.05) is 6.54 Å². The molecule has 1 heterocycles. The zero-order valence-corrected chi connectivity index (χ0v) is 10.8. The van der Waals surface area contributed by atoms with Crippen LogP contribution in [0.1, 0.15) is 17.4 Å². The van der Waals surface area contributed by atoms with Gasteiger partial charge in [-0.05, 0) is 25.1 Å². The molecule has 2 N–H and O–H groups in total. The lowest BCUT2D eigenvalue weighted by Crippen LogP contribution is -2.25. The summed E-state index contributed by atoms with van der Waals surface area (Å²) < 4.78 is 0.834. The molecule has 2 aromatic rings. The van der Waals surface area contributed by atoms with E-state index >= 15 is 0 Å². The molecule has 0 unspecified atom stereocenters. The van der Waals surface area contributed by atoms with Gasteiger partial charge in [0.2, 0.25) is 0 Å². The maximum absolute atomic E-state index is 11.8. The highest BCUT2D eigenvalue weighted by atomic mass is 79.9. The lowest BCUT2D eigenvalue weighted by Gasteiger charge is -2.04. The van der Waals surface area contributed by atoms with Crippen molar-refractivity contribution in [2.24, 2.45) is 0 Å². The van der Waals surface area contributed by atoms with Gasteiger partial charge < -0.3 is 10.3 Å². The number of carbonyl (C=O) groups is 1. The van der Waals surface area contributed by atoms with Crippen molar-refractivity contribution in [2.45, 2.75) is 6.92 Å². The average molecular weight is 295 g/mol. The lowest BCUT2D eigenvalue weighted by molar-refractivity contribution is 0.0951. The molecule has 88 valence electrons. The monoisotopic (exact) mass is 294 g/mol. The van der Waals surface area contributed by atoms with Crippen LogP contribution in [0.5, 0.6) is 0 Å². The van der Waals surface area contributed by atoms with Crippen molar-refractivity contribution in [1.82, 2.24) is 10.3 Å². The predicted octanol–water partition coefficient (Wildman–Crippen LogP) is 2.04. The number of hydrogen-bond acceptors (Lipinski definition) is 2. The molecule has 0 fully saturated rings. The van der Waals surface area contributed by atoms with E-state index in [2.05, 4.69) is 26.2 Å². The van der Waals surface area contributed by atoms with Crippen LogP contribution in [0.2, 0.25) is 0 Å². The largest absolute Gasteiger partial charge is 0.351 e. The quantitative estimate of drug-likeness (QED) is 0.890. The van der Waals surface area contributed by atoms with E-state index in [0.29, 0.717) is 17.4 Å². The molecule has 0 bridgehead atoms. The van der Waals surface area contributed by atoms with Gasteiger partial charge in [0.05, 0.1) is 0 Å². The molecular formula is C12H11BrN2O2. The third kappa shape index (κ3) is 2.39. The van der Waals surface area contributed by atoms with E-state index < -0.39 is 0 Å². The van der Waals surface area contributed by atoms with Crippen molar-refractivity contribution < 1.29 is 4.79 Å². The Morgan fingerprint density at radius 2 is 2.18 bits per heavy atom. The van der Waals surface area contributed by atoms with Gasteiger partial charge in [-0.15, -0.1) is 0 Å². The number of halogens is 1. The first kappa shape index (κ1) is 11.9. The number of hydrogen-bond donors (Lipinski definition) is 2. The SMILES string of the molecule is CCNC(=O)c1cc(=O)c2cc(Br)ccc2[nH]1. The third-order valence-electron chi connectivity index (χ3n) is 2.37. The number of rotatable bonds is 2. The van der Waals surface area contributed by atoms with Crippen molar-refractivity contribution in [3.05, 3.63) is 44.7 Å². The summed E-state index contributed by atoms with van der Waals surface area (Å²) in [5.41, 5.74) is 0.773. The number of benzene rings is 1. The maximum Gasteiger partial charge on any atom is 0.267 e. The molecule has 0 radical (unpaired) electrons. The van der Waals surface area contributed by atoms with Crippen LogP contribution in [0.4, 0.5) is 0 Å². The zero-order chi connectivity index (χ0) is 12.4. The van der Waals surface area contributed by atoms with E-state index in [9.17, 15) is 9.59 Å². The van der Waals surface area contributed by atoms with Crippen molar-refractivity contribution in [1.29, 1.82) is 0 Å². The third-order valence-corrected chi connectivity index (χ3v) is 2.87. The van der Waals surface area contributed by atoms with Gasteiger partial charge in [-0.1, -0.05) is 15.9 Å². The van der Waals surface area contributed by atoms with Gasteiger partial charge in [0, 0.05) is 28.0 Å². The highest BCUT2D eigenvalue weighted by molar-refractivity contribution is 9.10. The van der Waals surface area contributed by atoms with Gasteiger partial charge >= 0.3 is 0 Å². The molecule has 0 atom stereocenters. The van der Waals surface area contributed by atoms with Gasteiger partial charge in [0.1, 0.15) is 5.69 Å². The number of carbonyl (C=O) groups excluding carboxylic acids is 1. The summed E-state index contributed by atoms with van der Waals surface area (Å²) in [4.78, 5) is 26.4. The Balaban J connectivity index is 2.60. The second-order valence-corrected chi connectivity index (χ2v) is 4.51. The van der Waals surface area contributed by atoms with Crippen LogP contribution >= 0.6 is 15.9 Å². The number of nitrogens with one attached hydrogen (secondary N) is 2. The minimum Gasteiger partial charge on any atom is -0.351 e. The fourth-order valence-electron chi connectivity index (χ4n) is 1.60. The fourth-order valence-corrected chi connectivity index (χ4v) is 1.96. The van der Waals surface area contributed by atoms with Crippen LogP contribution in [0.25, 0.3) is 10.9 Å². The van der Waals surface area contributed by atoms with Crippen LogP contribution < -0.4 is 10.7 Å². The molecule has 0 saturated carbocycles. The van der Waals surface area contributed by atoms with Gasteiger partial charge in [0.25, 0.3) is 5.91 Å². The second kappa shape index (κ2) is 4.71. The van der Waals surface area contributed by atoms with E-state index in [1.807, 2.05) is 13.0 Å².